The van der Waals surface area contributed by atoms with E-state index in [0.29, 0.717) is 0 Å². The predicted molar refractivity (Wildman–Crippen MR) is 56.0 cm³/mol. The minimum atomic E-state index is -4.30. The van der Waals surface area contributed by atoms with Crippen molar-refractivity contribution in [2.24, 2.45) is 11.7 Å². The zero-order valence-electron chi connectivity index (χ0n) is 9.59. The summed E-state index contributed by atoms with van der Waals surface area (Å²) in [7, 11) is 0. The summed E-state index contributed by atoms with van der Waals surface area (Å²) in [6, 6.07) is 0. The lowest BCUT2D eigenvalue weighted by Gasteiger charge is -2.33. The molecule has 16 heavy (non-hydrogen) atoms. The van der Waals surface area contributed by atoms with Crippen LogP contribution in [0, 0.1) is 5.92 Å². The topological polar surface area (TPSA) is 35.2 Å². The normalized spacial score (nSPS) is 29.1. The van der Waals surface area contributed by atoms with Gasteiger partial charge >= 0.3 is 6.18 Å². The summed E-state index contributed by atoms with van der Waals surface area (Å²) in [5.41, 5.74) is 5.19. The molecule has 0 aromatic rings. The standard InChI is InChI=1S/C11H20F3NO/c1-8-4-2-3-5-9(8)16-10(6-7-15)11(12,13)14/h8-10H,2-7,15H2,1H3. The molecular weight excluding hydrogens is 219 g/mol. The van der Waals surface area contributed by atoms with Crippen LogP contribution >= 0.6 is 0 Å². The molecule has 1 aliphatic rings. The molecule has 3 atom stereocenters. The van der Waals surface area contributed by atoms with E-state index in [-0.39, 0.29) is 25.0 Å². The summed E-state index contributed by atoms with van der Waals surface area (Å²) in [6.07, 6.45) is -2.65. The van der Waals surface area contributed by atoms with E-state index in [0.717, 1.165) is 25.7 Å². The van der Waals surface area contributed by atoms with Crippen molar-refractivity contribution in [3.8, 4) is 0 Å². The molecule has 1 saturated carbocycles. The summed E-state index contributed by atoms with van der Waals surface area (Å²) >= 11 is 0. The van der Waals surface area contributed by atoms with E-state index in [1.54, 1.807) is 0 Å². The summed E-state index contributed by atoms with van der Waals surface area (Å²) < 4.78 is 43.0. The van der Waals surface area contributed by atoms with Gasteiger partial charge in [0.1, 0.15) is 0 Å². The fraction of sp³-hybridized carbons (Fsp3) is 1.00. The van der Waals surface area contributed by atoms with Gasteiger partial charge in [-0.2, -0.15) is 13.2 Å². The third-order valence-corrected chi connectivity index (χ3v) is 3.17. The largest absolute Gasteiger partial charge is 0.414 e. The van der Waals surface area contributed by atoms with Gasteiger partial charge in [0.15, 0.2) is 6.10 Å². The van der Waals surface area contributed by atoms with Crippen LogP contribution in [0.1, 0.15) is 39.0 Å². The SMILES string of the molecule is CC1CCCCC1OC(CCN)C(F)(F)F. The summed E-state index contributed by atoms with van der Waals surface area (Å²) in [5.74, 6) is 0.219. The zero-order valence-corrected chi connectivity index (χ0v) is 9.59. The van der Waals surface area contributed by atoms with Gasteiger partial charge in [-0.1, -0.05) is 19.8 Å². The van der Waals surface area contributed by atoms with Crippen LogP contribution in [0.4, 0.5) is 13.2 Å². The first kappa shape index (κ1) is 13.8. The molecule has 0 radical (unpaired) electrons. The second-order valence-electron chi connectivity index (χ2n) is 4.54. The van der Waals surface area contributed by atoms with Gasteiger partial charge in [-0.25, -0.2) is 0 Å². The second kappa shape index (κ2) is 5.87. The first-order chi connectivity index (χ1) is 7.45. The average molecular weight is 239 g/mol. The number of ether oxygens (including phenoxy) is 1. The molecule has 0 aromatic heterocycles. The van der Waals surface area contributed by atoms with Gasteiger partial charge in [-0.05, 0) is 31.7 Å². The maximum absolute atomic E-state index is 12.6. The highest BCUT2D eigenvalue weighted by Crippen LogP contribution is 2.32. The first-order valence-corrected chi connectivity index (χ1v) is 5.87. The van der Waals surface area contributed by atoms with Crippen LogP contribution in [-0.4, -0.2) is 24.9 Å². The molecule has 2 nitrogen and oxygen atoms in total. The van der Waals surface area contributed by atoms with E-state index in [1.807, 2.05) is 6.92 Å². The van der Waals surface area contributed by atoms with Crippen LogP contribution in [0.15, 0.2) is 0 Å². The first-order valence-electron chi connectivity index (χ1n) is 5.87. The van der Waals surface area contributed by atoms with E-state index in [2.05, 4.69) is 0 Å². The molecule has 1 rings (SSSR count). The van der Waals surface area contributed by atoms with Crippen LogP contribution in [0.25, 0.3) is 0 Å². The lowest BCUT2D eigenvalue weighted by molar-refractivity contribution is -0.241. The summed E-state index contributed by atoms with van der Waals surface area (Å²) in [6.45, 7) is 1.96. The minimum Gasteiger partial charge on any atom is -0.365 e. The summed E-state index contributed by atoms with van der Waals surface area (Å²) in [5, 5.41) is 0. The van der Waals surface area contributed by atoms with Crippen molar-refractivity contribution in [1.82, 2.24) is 0 Å². The molecular formula is C11H20F3NO. The Morgan fingerprint density at radius 1 is 1.31 bits per heavy atom. The van der Waals surface area contributed by atoms with Gasteiger partial charge in [0.05, 0.1) is 6.10 Å². The third kappa shape index (κ3) is 3.94. The van der Waals surface area contributed by atoms with Crippen LogP contribution in [0.2, 0.25) is 0 Å². The molecule has 0 bridgehead atoms. The molecule has 1 aliphatic carbocycles. The maximum Gasteiger partial charge on any atom is 0.414 e. The smallest absolute Gasteiger partial charge is 0.365 e. The molecule has 5 heteroatoms. The molecule has 2 N–H and O–H groups in total. The Balaban J connectivity index is 2.53. The fourth-order valence-corrected chi connectivity index (χ4v) is 2.16. The van der Waals surface area contributed by atoms with Crippen molar-refractivity contribution in [1.29, 1.82) is 0 Å². The van der Waals surface area contributed by atoms with Gasteiger partial charge < -0.3 is 10.5 Å². The molecule has 3 unspecified atom stereocenters. The lowest BCUT2D eigenvalue weighted by Crippen LogP contribution is -2.39. The number of nitrogens with two attached hydrogens (primary N) is 1. The predicted octanol–water partition coefficient (Wildman–Crippen LogP) is 2.86. The highest BCUT2D eigenvalue weighted by molar-refractivity contribution is 4.77. The van der Waals surface area contributed by atoms with Crippen LogP contribution < -0.4 is 5.73 Å². The van der Waals surface area contributed by atoms with E-state index >= 15 is 0 Å². The lowest BCUT2D eigenvalue weighted by atomic mass is 9.88. The van der Waals surface area contributed by atoms with Crippen LogP contribution in [-0.2, 0) is 4.74 Å². The van der Waals surface area contributed by atoms with Crippen LogP contribution in [0.3, 0.4) is 0 Å². The average Bonchev–Trinajstić information content (AvgIpc) is 2.19. The van der Waals surface area contributed by atoms with Crippen molar-refractivity contribution in [3.05, 3.63) is 0 Å². The Morgan fingerprint density at radius 2 is 1.94 bits per heavy atom. The molecule has 0 aliphatic heterocycles. The number of halogens is 3. The van der Waals surface area contributed by atoms with Gasteiger partial charge in [0.25, 0.3) is 0 Å². The fourth-order valence-electron chi connectivity index (χ4n) is 2.16. The van der Waals surface area contributed by atoms with Gasteiger partial charge in [-0.15, -0.1) is 0 Å². The number of hydrogen-bond donors (Lipinski definition) is 1. The van der Waals surface area contributed by atoms with Gasteiger partial charge in [0, 0.05) is 0 Å². The Labute approximate surface area is 94.3 Å². The number of rotatable bonds is 4. The molecule has 0 aromatic carbocycles. The van der Waals surface area contributed by atoms with E-state index < -0.39 is 12.3 Å². The molecule has 0 amide bonds. The van der Waals surface area contributed by atoms with E-state index in [4.69, 9.17) is 10.5 Å². The maximum atomic E-state index is 12.6. The molecule has 96 valence electrons. The van der Waals surface area contributed by atoms with E-state index in [9.17, 15) is 13.2 Å². The Hall–Kier alpha value is -0.290. The quantitative estimate of drug-likeness (QED) is 0.818. The second-order valence-corrected chi connectivity index (χ2v) is 4.54. The highest BCUT2D eigenvalue weighted by Gasteiger charge is 2.42. The van der Waals surface area contributed by atoms with Gasteiger partial charge in [0.2, 0.25) is 0 Å². The van der Waals surface area contributed by atoms with E-state index in [1.165, 1.54) is 0 Å². The Bertz CT molecular complexity index is 208. The number of hydrogen-bond acceptors (Lipinski definition) is 2. The zero-order chi connectivity index (χ0) is 12.2. The number of alkyl halides is 3. The van der Waals surface area contributed by atoms with Crippen molar-refractivity contribution in [2.45, 2.75) is 57.4 Å². The third-order valence-electron chi connectivity index (χ3n) is 3.17. The molecule has 1 fully saturated rings. The molecule has 0 heterocycles. The monoisotopic (exact) mass is 239 g/mol. The highest BCUT2D eigenvalue weighted by atomic mass is 19.4. The van der Waals surface area contributed by atoms with Crippen molar-refractivity contribution in [2.75, 3.05) is 6.54 Å². The summed E-state index contributed by atoms with van der Waals surface area (Å²) in [4.78, 5) is 0. The van der Waals surface area contributed by atoms with Crippen LogP contribution in [0.5, 0.6) is 0 Å². The minimum absolute atomic E-state index is 0.00524. The van der Waals surface area contributed by atoms with Crippen molar-refractivity contribution < 1.29 is 17.9 Å². The Morgan fingerprint density at radius 3 is 2.44 bits per heavy atom. The van der Waals surface area contributed by atoms with Crippen molar-refractivity contribution in [3.63, 3.8) is 0 Å². The van der Waals surface area contributed by atoms with Gasteiger partial charge in [-0.3, -0.25) is 0 Å². The van der Waals surface area contributed by atoms with Crippen molar-refractivity contribution >= 4 is 0 Å². The molecule has 0 spiro atoms. The molecule has 0 saturated heterocycles. The Kier molecular flexibility index (Phi) is 5.05.